The minimum absolute atomic E-state index is 0.168. The number of aliphatic imine (C=N–C) groups is 1. The van der Waals surface area contributed by atoms with Crippen molar-refractivity contribution >= 4 is 50.5 Å². The first-order valence-electron chi connectivity index (χ1n) is 6.22. The van der Waals surface area contributed by atoms with Crippen LogP contribution in [0, 0.1) is 6.92 Å². The molecule has 1 amide bonds. The minimum atomic E-state index is -0.168. The van der Waals surface area contributed by atoms with Gasteiger partial charge in [-0.05, 0) is 58.9 Å². The number of aryl methyl sites for hydroxylation is 1. The molecular formula is C15H11BrN2O2S. The topological polar surface area (TPSA) is 54.6 Å². The summed E-state index contributed by atoms with van der Waals surface area (Å²) >= 11 is 4.53. The maximum atomic E-state index is 11.9. The van der Waals surface area contributed by atoms with Gasteiger partial charge in [0.15, 0.2) is 9.84 Å². The van der Waals surface area contributed by atoms with Crippen LogP contribution in [-0.2, 0) is 4.79 Å². The number of thioether (sulfide) groups is 1. The molecule has 1 saturated heterocycles. The summed E-state index contributed by atoms with van der Waals surface area (Å²) < 4.78 is 6.00. The number of amides is 1. The average molecular weight is 363 g/mol. The molecule has 1 aromatic carbocycles. The molecule has 0 saturated carbocycles. The van der Waals surface area contributed by atoms with Gasteiger partial charge in [0.2, 0.25) is 0 Å². The molecule has 1 N–H and O–H groups in total. The summed E-state index contributed by atoms with van der Waals surface area (Å²) in [5, 5.41) is 3.32. The largest absolute Gasteiger partial charge is 0.450 e. The van der Waals surface area contributed by atoms with Crippen LogP contribution < -0.4 is 5.32 Å². The number of rotatable bonds is 2. The molecule has 1 aliphatic rings. The van der Waals surface area contributed by atoms with E-state index in [2.05, 4.69) is 26.2 Å². The molecule has 0 radical (unpaired) electrons. The van der Waals surface area contributed by atoms with E-state index < -0.39 is 0 Å². The minimum Gasteiger partial charge on any atom is -0.450 e. The molecule has 1 fully saturated rings. The van der Waals surface area contributed by atoms with Crippen LogP contribution in [-0.4, -0.2) is 11.1 Å². The van der Waals surface area contributed by atoms with Crippen molar-refractivity contribution in [3.05, 3.63) is 57.3 Å². The predicted octanol–water partition coefficient (Wildman–Crippen LogP) is 4.24. The van der Waals surface area contributed by atoms with Gasteiger partial charge < -0.3 is 9.73 Å². The molecule has 2 aromatic rings. The van der Waals surface area contributed by atoms with Crippen LogP contribution in [0.1, 0.15) is 11.3 Å². The van der Waals surface area contributed by atoms with E-state index in [1.807, 2.05) is 31.2 Å². The summed E-state index contributed by atoms with van der Waals surface area (Å²) in [7, 11) is 0. The Morgan fingerprint density at radius 1 is 1.24 bits per heavy atom. The monoisotopic (exact) mass is 362 g/mol. The summed E-state index contributed by atoms with van der Waals surface area (Å²) in [5.41, 5.74) is 1.98. The molecule has 0 unspecified atom stereocenters. The Labute approximate surface area is 134 Å². The smallest absolute Gasteiger partial charge is 0.264 e. The summed E-state index contributed by atoms with van der Waals surface area (Å²) in [5.74, 6) is 0.453. The Kier molecular flexibility index (Phi) is 3.98. The number of furan rings is 1. The van der Waals surface area contributed by atoms with Gasteiger partial charge in [-0.2, -0.15) is 0 Å². The third kappa shape index (κ3) is 3.46. The Morgan fingerprint density at radius 3 is 2.67 bits per heavy atom. The van der Waals surface area contributed by atoms with E-state index in [0.717, 1.165) is 5.69 Å². The van der Waals surface area contributed by atoms with Crippen molar-refractivity contribution in [2.45, 2.75) is 6.92 Å². The zero-order valence-corrected chi connectivity index (χ0v) is 13.5. The maximum Gasteiger partial charge on any atom is 0.264 e. The van der Waals surface area contributed by atoms with Crippen molar-refractivity contribution in [3.8, 4) is 0 Å². The number of hydrogen-bond acceptors (Lipinski definition) is 4. The average Bonchev–Trinajstić information content (AvgIpc) is 3.00. The van der Waals surface area contributed by atoms with E-state index in [4.69, 9.17) is 4.42 Å². The second-order valence-corrected chi connectivity index (χ2v) is 6.27. The summed E-state index contributed by atoms with van der Waals surface area (Å²) in [4.78, 5) is 16.9. The van der Waals surface area contributed by atoms with E-state index in [1.165, 1.54) is 17.3 Å². The summed E-state index contributed by atoms with van der Waals surface area (Å²) in [6, 6.07) is 11.4. The number of nitrogens with zero attached hydrogens (tertiary/aromatic N) is 1. The van der Waals surface area contributed by atoms with Gasteiger partial charge in [-0.1, -0.05) is 17.7 Å². The van der Waals surface area contributed by atoms with Gasteiger partial charge in [0, 0.05) is 6.08 Å². The van der Waals surface area contributed by atoms with E-state index in [-0.39, 0.29) is 5.91 Å². The molecule has 2 heterocycles. The molecule has 1 aromatic heterocycles. The van der Waals surface area contributed by atoms with Crippen molar-refractivity contribution in [1.29, 1.82) is 0 Å². The zero-order valence-electron chi connectivity index (χ0n) is 11.1. The van der Waals surface area contributed by atoms with Crippen LogP contribution >= 0.6 is 27.7 Å². The van der Waals surface area contributed by atoms with Gasteiger partial charge in [0.1, 0.15) is 5.76 Å². The number of amidine groups is 1. The molecule has 0 aliphatic carbocycles. The number of carbonyl (C=O) groups excluding carboxylic acids is 1. The molecule has 0 spiro atoms. The second-order valence-electron chi connectivity index (χ2n) is 4.46. The normalized spacial score (nSPS) is 18.5. The van der Waals surface area contributed by atoms with Gasteiger partial charge in [-0.3, -0.25) is 4.79 Å². The number of halogens is 1. The molecule has 106 valence electrons. The lowest BCUT2D eigenvalue weighted by atomic mass is 10.2. The van der Waals surface area contributed by atoms with Crippen LogP contribution in [0.2, 0.25) is 0 Å². The second kappa shape index (κ2) is 5.91. The third-order valence-corrected chi connectivity index (χ3v) is 4.12. The van der Waals surface area contributed by atoms with Crippen molar-refractivity contribution < 1.29 is 9.21 Å². The Bertz CT molecular complexity index is 747. The highest BCUT2D eigenvalue weighted by Gasteiger charge is 2.24. The van der Waals surface area contributed by atoms with Gasteiger partial charge in [0.25, 0.3) is 5.91 Å². The molecule has 3 rings (SSSR count). The highest BCUT2D eigenvalue weighted by Crippen LogP contribution is 2.29. The Hall–Kier alpha value is -1.79. The molecule has 6 heteroatoms. The van der Waals surface area contributed by atoms with Crippen LogP contribution in [0.4, 0.5) is 5.69 Å². The molecule has 4 nitrogen and oxygen atoms in total. The molecule has 0 atom stereocenters. The van der Waals surface area contributed by atoms with Crippen molar-refractivity contribution in [1.82, 2.24) is 5.32 Å². The first-order valence-corrected chi connectivity index (χ1v) is 7.83. The van der Waals surface area contributed by atoms with Crippen molar-refractivity contribution in [2.24, 2.45) is 4.99 Å². The number of benzene rings is 1. The van der Waals surface area contributed by atoms with Gasteiger partial charge >= 0.3 is 0 Å². The lowest BCUT2D eigenvalue weighted by Gasteiger charge is -1.96. The summed E-state index contributed by atoms with van der Waals surface area (Å²) in [6.07, 6.45) is 1.70. The number of nitrogens with one attached hydrogen (secondary N) is 1. The lowest BCUT2D eigenvalue weighted by Crippen LogP contribution is -2.19. The van der Waals surface area contributed by atoms with Gasteiger partial charge in [-0.15, -0.1) is 0 Å². The lowest BCUT2D eigenvalue weighted by molar-refractivity contribution is -0.115. The predicted molar refractivity (Wildman–Crippen MR) is 88.4 cm³/mol. The number of hydrogen-bond donors (Lipinski definition) is 1. The number of carbonyl (C=O) groups is 1. The first kappa shape index (κ1) is 14.2. The van der Waals surface area contributed by atoms with E-state index in [1.54, 1.807) is 18.2 Å². The van der Waals surface area contributed by atoms with Crippen molar-refractivity contribution in [3.63, 3.8) is 0 Å². The van der Waals surface area contributed by atoms with E-state index in [9.17, 15) is 4.79 Å². The van der Waals surface area contributed by atoms with E-state index in [0.29, 0.717) is 20.5 Å². The molecule has 21 heavy (non-hydrogen) atoms. The van der Waals surface area contributed by atoms with Crippen LogP contribution in [0.25, 0.3) is 6.08 Å². The van der Waals surface area contributed by atoms with Crippen LogP contribution in [0.15, 0.2) is 55.4 Å². The van der Waals surface area contributed by atoms with Gasteiger partial charge in [-0.25, -0.2) is 4.99 Å². The molecule has 1 aliphatic heterocycles. The first-order chi connectivity index (χ1) is 10.1. The molecule has 0 bridgehead atoms. The van der Waals surface area contributed by atoms with Crippen LogP contribution in [0.5, 0.6) is 0 Å². The van der Waals surface area contributed by atoms with Crippen molar-refractivity contribution in [2.75, 3.05) is 0 Å². The SMILES string of the molecule is Cc1ccc(N=C2NC(=O)/C(=C/c3ccc(Br)o3)S2)cc1. The zero-order chi connectivity index (χ0) is 14.8. The van der Waals surface area contributed by atoms with Crippen LogP contribution in [0.3, 0.4) is 0 Å². The fraction of sp³-hybridized carbons (Fsp3) is 0.0667. The fourth-order valence-electron chi connectivity index (χ4n) is 1.75. The standard InChI is InChI=1S/C15H11BrN2O2S/c1-9-2-4-10(5-3-9)17-15-18-14(19)12(21-15)8-11-6-7-13(16)20-11/h2-8H,1H3,(H,17,18,19)/b12-8-. The Morgan fingerprint density at radius 2 is 2.00 bits per heavy atom. The molecular weight excluding hydrogens is 352 g/mol. The quantitative estimate of drug-likeness (QED) is 0.812. The summed E-state index contributed by atoms with van der Waals surface area (Å²) in [6.45, 7) is 2.02. The maximum absolute atomic E-state index is 11.9. The fourth-order valence-corrected chi connectivity index (χ4v) is 2.89. The Balaban J connectivity index is 1.81. The highest BCUT2D eigenvalue weighted by molar-refractivity contribution is 9.10. The highest BCUT2D eigenvalue weighted by atomic mass is 79.9. The van der Waals surface area contributed by atoms with Gasteiger partial charge in [0.05, 0.1) is 10.6 Å². The third-order valence-electron chi connectivity index (χ3n) is 2.78. The van der Waals surface area contributed by atoms with E-state index >= 15 is 0 Å².